The molecule has 1 aromatic rings. The van der Waals surface area contributed by atoms with Gasteiger partial charge in [-0.25, -0.2) is 0 Å². The molecule has 4 heteroatoms. The molecular formula is C11H15NO2S. The molecule has 3 nitrogen and oxygen atoms in total. The van der Waals surface area contributed by atoms with Crippen LogP contribution >= 0.6 is 11.8 Å². The van der Waals surface area contributed by atoms with Crippen LogP contribution in [-0.2, 0) is 4.74 Å². The Morgan fingerprint density at radius 1 is 1.47 bits per heavy atom. The summed E-state index contributed by atoms with van der Waals surface area (Å²) in [5, 5.41) is 10.3. The van der Waals surface area contributed by atoms with Crippen molar-refractivity contribution in [2.45, 2.75) is 16.2 Å². The molecule has 1 fully saturated rings. The highest BCUT2D eigenvalue weighted by molar-refractivity contribution is 8.00. The number of rotatable bonds is 4. The molecule has 15 heavy (non-hydrogen) atoms. The molecule has 0 spiro atoms. The summed E-state index contributed by atoms with van der Waals surface area (Å²) in [6, 6.07) is 7.86. The Kier molecular flexibility index (Phi) is 3.64. The Morgan fingerprint density at radius 2 is 2.20 bits per heavy atom. The largest absolute Gasteiger partial charge is 0.387 e. The Hall–Kier alpha value is -0.550. The average molecular weight is 225 g/mol. The van der Waals surface area contributed by atoms with Crippen LogP contribution in [0, 0.1) is 0 Å². The highest BCUT2D eigenvalue weighted by Gasteiger charge is 2.21. The van der Waals surface area contributed by atoms with Crippen LogP contribution in [0.1, 0.15) is 11.7 Å². The molecule has 1 unspecified atom stereocenters. The number of aliphatic hydroxyl groups excluding tert-OH is 1. The highest BCUT2D eigenvalue weighted by Crippen LogP contribution is 2.32. The monoisotopic (exact) mass is 225 g/mol. The third-order valence-corrected chi connectivity index (χ3v) is 3.63. The predicted molar refractivity (Wildman–Crippen MR) is 60.9 cm³/mol. The van der Waals surface area contributed by atoms with E-state index in [1.54, 1.807) is 11.8 Å². The lowest BCUT2D eigenvalue weighted by Gasteiger charge is -2.26. The second-order valence-corrected chi connectivity index (χ2v) is 4.91. The van der Waals surface area contributed by atoms with Crippen molar-refractivity contribution in [3.05, 3.63) is 29.8 Å². The Bertz CT molecular complexity index is 328. The molecule has 1 atom stereocenters. The molecule has 2 rings (SSSR count). The van der Waals surface area contributed by atoms with E-state index < -0.39 is 6.10 Å². The summed E-state index contributed by atoms with van der Waals surface area (Å²) in [5.41, 5.74) is 6.39. The van der Waals surface area contributed by atoms with E-state index in [9.17, 15) is 5.11 Å². The van der Waals surface area contributed by atoms with Gasteiger partial charge in [0, 0.05) is 11.4 Å². The van der Waals surface area contributed by atoms with Crippen molar-refractivity contribution in [1.82, 2.24) is 0 Å². The molecule has 0 aromatic heterocycles. The zero-order valence-electron chi connectivity index (χ0n) is 8.43. The standard InChI is InChI=1S/C11H15NO2S/c12-5-10(13)9-3-1-2-4-11(9)15-8-6-14-7-8/h1-4,8,10,13H,5-7,12H2. The van der Waals surface area contributed by atoms with Gasteiger partial charge in [-0.3, -0.25) is 0 Å². The van der Waals surface area contributed by atoms with Crippen LogP contribution in [0.15, 0.2) is 29.2 Å². The summed E-state index contributed by atoms with van der Waals surface area (Å²) >= 11 is 1.76. The predicted octanol–water partition coefficient (Wildman–Crippen LogP) is 1.17. The topological polar surface area (TPSA) is 55.5 Å². The third-order valence-electron chi connectivity index (χ3n) is 2.40. The lowest BCUT2D eigenvalue weighted by Crippen LogP contribution is -2.30. The Balaban J connectivity index is 2.13. The van der Waals surface area contributed by atoms with E-state index in [1.165, 1.54) is 0 Å². The van der Waals surface area contributed by atoms with Gasteiger partial charge in [-0.1, -0.05) is 18.2 Å². The first-order valence-corrected chi connectivity index (χ1v) is 5.90. The number of hydrogen-bond donors (Lipinski definition) is 2. The van der Waals surface area contributed by atoms with Crippen LogP contribution in [0.25, 0.3) is 0 Å². The molecule has 82 valence electrons. The van der Waals surface area contributed by atoms with Gasteiger partial charge in [-0.2, -0.15) is 0 Å². The molecule has 0 radical (unpaired) electrons. The molecule has 1 aliphatic heterocycles. The lowest BCUT2D eigenvalue weighted by atomic mass is 10.1. The second kappa shape index (κ2) is 4.99. The summed E-state index contributed by atoms with van der Waals surface area (Å²) in [6.07, 6.45) is -0.560. The number of hydrogen-bond acceptors (Lipinski definition) is 4. The first-order chi connectivity index (χ1) is 7.31. The fourth-order valence-corrected chi connectivity index (χ4v) is 2.64. The number of nitrogens with two attached hydrogens (primary N) is 1. The first kappa shape index (κ1) is 11.0. The number of ether oxygens (including phenoxy) is 1. The molecule has 1 aromatic carbocycles. The van der Waals surface area contributed by atoms with Crippen molar-refractivity contribution < 1.29 is 9.84 Å². The quantitative estimate of drug-likeness (QED) is 0.807. The normalized spacial score (nSPS) is 18.5. The number of aliphatic hydroxyl groups is 1. The van der Waals surface area contributed by atoms with E-state index in [1.807, 2.05) is 24.3 Å². The zero-order chi connectivity index (χ0) is 10.7. The molecule has 1 aliphatic rings. The van der Waals surface area contributed by atoms with Crippen molar-refractivity contribution in [1.29, 1.82) is 0 Å². The van der Waals surface area contributed by atoms with Gasteiger partial charge < -0.3 is 15.6 Å². The minimum Gasteiger partial charge on any atom is -0.387 e. The van der Waals surface area contributed by atoms with Crippen LogP contribution in [0.2, 0.25) is 0 Å². The summed E-state index contributed by atoms with van der Waals surface area (Å²) in [5.74, 6) is 0. The van der Waals surface area contributed by atoms with E-state index >= 15 is 0 Å². The van der Waals surface area contributed by atoms with Crippen LogP contribution in [0.4, 0.5) is 0 Å². The number of benzene rings is 1. The van der Waals surface area contributed by atoms with Crippen LogP contribution in [-0.4, -0.2) is 30.1 Å². The van der Waals surface area contributed by atoms with Crippen molar-refractivity contribution in [3.8, 4) is 0 Å². The third kappa shape index (κ3) is 2.52. The van der Waals surface area contributed by atoms with E-state index in [-0.39, 0.29) is 6.54 Å². The zero-order valence-corrected chi connectivity index (χ0v) is 9.24. The van der Waals surface area contributed by atoms with Crippen LogP contribution in [0.3, 0.4) is 0 Å². The minimum atomic E-state index is -0.560. The maximum Gasteiger partial charge on any atom is 0.0923 e. The molecule has 0 saturated carbocycles. The fourth-order valence-electron chi connectivity index (χ4n) is 1.45. The second-order valence-electron chi connectivity index (χ2n) is 3.57. The van der Waals surface area contributed by atoms with Crippen LogP contribution < -0.4 is 5.73 Å². The van der Waals surface area contributed by atoms with Gasteiger partial charge >= 0.3 is 0 Å². The van der Waals surface area contributed by atoms with Gasteiger partial charge in [0.05, 0.1) is 24.6 Å². The fraction of sp³-hybridized carbons (Fsp3) is 0.455. The molecule has 0 amide bonds. The maximum atomic E-state index is 9.74. The summed E-state index contributed by atoms with van der Waals surface area (Å²) < 4.78 is 5.13. The Morgan fingerprint density at radius 3 is 2.80 bits per heavy atom. The van der Waals surface area contributed by atoms with E-state index in [0.717, 1.165) is 23.7 Å². The Labute approximate surface area is 93.6 Å². The molecule has 1 heterocycles. The molecular weight excluding hydrogens is 210 g/mol. The van der Waals surface area contributed by atoms with Crippen molar-refractivity contribution in [2.75, 3.05) is 19.8 Å². The maximum absolute atomic E-state index is 9.74. The van der Waals surface area contributed by atoms with Crippen molar-refractivity contribution in [2.24, 2.45) is 5.73 Å². The number of thioether (sulfide) groups is 1. The van der Waals surface area contributed by atoms with E-state index in [4.69, 9.17) is 10.5 Å². The van der Waals surface area contributed by atoms with Gasteiger partial charge in [0.25, 0.3) is 0 Å². The summed E-state index contributed by atoms with van der Waals surface area (Å²) in [7, 11) is 0. The first-order valence-electron chi connectivity index (χ1n) is 5.02. The van der Waals surface area contributed by atoms with Gasteiger partial charge in [-0.05, 0) is 11.6 Å². The van der Waals surface area contributed by atoms with E-state index in [0.29, 0.717) is 5.25 Å². The molecule has 1 saturated heterocycles. The van der Waals surface area contributed by atoms with Gasteiger partial charge in [0.2, 0.25) is 0 Å². The lowest BCUT2D eigenvalue weighted by molar-refractivity contribution is 0.0455. The van der Waals surface area contributed by atoms with Gasteiger partial charge in [-0.15, -0.1) is 11.8 Å². The van der Waals surface area contributed by atoms with Crippen molar-refractivity contribution in [3.63, 3.8) is 0 Å². The van der Waals surface area contributed by atoms with E-state index in [2.05, 4.69) is 0 Å². The van der Waals surface area contributed by atoms with Gasteiger partial charge in [0.1, 0.15) is 0 Å². The SMILES string of the molecule is NCC(O)c1ccccc1SC1COC1. The smallest absolute Gasteiger partial charge is 0.0923 e. The minimum absolute atomic E-state index is 0.263. The van der Waals surface area contributed by atoms with Crippen LogP contribution in [0.5, 0.6) is 0 Å². The van der Waals surface area contributed by atoms with Gasteiger partial charge in [0.15, 0.2) is 0 Å². The van der Waals surface area contributed by atoms with Crippen molar-refractivity contribution >= 4 is 11.8 Å². The molecule has 0 aliphatic carbocycles. The molecule has 3 N–H and O–H groups in total. The summed E-state index contributed by atoms with van der Waals surface area (Å²) in [4.78, 5) is 1.11. The average Bonchev–Trinajstić information content (AvgIpc) is 2.23. The highest BCUT2D eigenvalue weighted by atomic mass is 32.2. The summed E-state index contributed by atoms with van der Waals surface area (Å²) in [6.45, 7) is 1.87. The molecule has 0 bridgehead atoms.